The Hall–Kier alpha value is -2.88. The second-order valence-corrected chi connectivity index (χ2v) is 7.28. The van der Waals surface area contributed by atoms with Crippen LogP contribution in [0.5, 0.6) is 0 Å². The lowest BCUT2D eigenvalue weighted by Crippen LogP contribution is -2.29. The Kier molecular flexibility index (Phi) is 4.80. The summed E-state index contributed by atoms with van der Waals surface area (Å²) < 4.78 is 0. The number of para-hydroxylation sites is 1. The zero-order valence-electron chi connectivity index (χ0n) is 16.0. The second-order valence-electron chi connectivity index (χ2n) is 7.28. The summed E-state index contributed by atoms with van der Waals surface area (Å²) in [7, 11) is 0. The summed E-state index contributed by atoms with van der Waals surface area (Å²) in [4.78, 5) is 15.3. The van der Waals surface area contributed by atoms with Crippen LogP contribution < -0.4 is 9.91 Å². The maximum Gasteiger partial charge on any atom is 0.280 e. The third kappa shape index (κ3) is 3.52. The molecule has 1 fully saturated rings. The molecule has 4 nitrogen and oxygen atoms in total. The average molecular weight is 359 g/mol. The van der Waals surface area contributed by atoms with Gasteiger partial charge in [0.1, 0.15) is 0 Å². The third-order valence-electron chi connectivity index (χ3n) is 5.34. The topological polar surface area (TPSA) is 35.9 Å². The van der Waals surface area contributed by atoms with Crippen LogP contribution in [0.3, 0.4) is 0 Å². The van der Waals surface area contributed by atoms with E-state index >= 15 is 0 Å². The first kappa shape index (κ1) is 17.5. The van der Waals surface area contributed by atoms with Crippen molar-refractivity contribution in [1.82, 2.24) is 0 Å². The van der Waals surface area contributed by atoms with Gasteiger partial charge < -0.3 is 4.90 Å². The number of amides is 1. The van der Waals surface area contributed by atoms with Crippen LogP contribution in [-0.4, -0.2) is 24.7 Å². The number of hydrogen-bond donors (Lipinski definition) is 0. The van der Waals surface area contributed by atoms with Gasteiger partial charge in [-0.05, 0) is 74.6 Å². The molecule has 138 valence electrons. The quantitative estimate of drug-likeness (QED) is 0.739. The molecule has 27 heavy (non-hydrogen) atoms. The largest absolute Gasteiger partial charge is 0.372 e. The van der Waals surface area contributed by atoms with Gasteiger partial charge in [0.15, 0.2) is 0 Å². The molecule has 2 aromatic carbocycles. The number of benzene rings is 2. The van der Waals surface area contributed by atoms with Gasteiger partial charge in [0.25, 0.3) is 5.91 Å². The summed E-state index contributed by atoms with van der Waals surface area (Å²) in [6.45, 7) is 6.27. The number of carbonyl (C=O) groups excluding carboxylic acids is 1. The van der Waals surface area contributed by atoms with Crippen LogP contribution in [0.2, 0.25) is 0 Å². The van der Waals surface area contributed by atoms with Crippen LogP contribution >= 0.6 is 0 Å². The Balaban J connectivity index is 1.60. The molecule has 0 saturated carbocycles. The van der Waals surface area contributed by atoms with Crippen LogP contribution in [0.1, 0.15) is 37.3 Å². The molecule has 0 aromatic heterocycles. The van der Waals surface area contributed by atoms with Crippen LogP contribution in [0, 0.1) is 6.92 Å². The molecule has 0 bridgehead atoms. The van der Waals surface area contributed by atoms with Crippen molar-refractivity contribution in [2.45, 2.75) is 33.1 Å². The van der Waals surface area contributed by atoms with Crippen LogP contribution in [0.4, 0.5) is 11.4 Å². The first-order valence-corrected chi connectivity index (χ1v) is 9.66. The molecule has 2 aromatic rings. The van der Waals surface area contributed by atoms with Gasteiger partial charge in [-0.25, -0.2) is 0 Å². The van der Waals surface area contributed by atoms with Gasteiger partial charge in [-0.3, -0.25) is 4.79 Å². The van der Waals surface area contributed by atoms with Gasteiger partial charge in [0, 0.05) is 18.8 Å². The zero-order valence-corrected chi connectivity index (χ0v) is 16.0. The Labute approximate surface area is 160 Å². The SMILES string of the molecule is CC1=NN(c2ccccc2)C(=O)C1=Cc1ccc(N2CCCCC2)cc1C. The zero-order chi connectivity index (χ0) is 18.8. The lowest BCUT2D eigenvalue weighted by atomic mass is 10.0. The van der Waals surface area contributed by atoms with Crippen molar-refractivity contribution < 1.29 is 4.79 Å². The normalized spacial score (nSPS) is 19.0. The van der Waals surface area contributed by atoms with Crippen LogP contribution in [-0.2, 0) is 4.79 Å². The molecule has 0 aliphatic carbocycles. The van der Waals surface area contributed by atoms with Gasteiger partial charge in [0.2, 0.25) is 0 Å². The van der Waals surface area contributed by atoms with Crippen LogP contribution in [0.15, 0.2) is 59.2 Å². The molecule has 0 unspecified atom stereocenters. The molecular weight excluding hydrogens is 334 g/mol. The predicted octanol–water partition coefficient (Wildman–Crippen LogP) is 4.79. The smallest absolute Gasteiger partial charge is 0.280 e. The highest BCUT2D eigenvalue weighted by Crippen LogP contribution is 2.27. The third-order valence-corrected chi connectivity index (χ3v) is 5.34. The Morgan fingerprint density at radius 2 is 1.67 bits per heavy atom. The fraction of sp³-hybridized carbons (Fsp3) is 0.304. The number of rotatable bonds is 3. The monoisotopic (exact) mass is 359 g/mol. The molecule has 0 radical (unpaired) electrons. The molecule has 2 aliphatic rings. The lowest BCUT2D eigenvalue weighted by Gasteiger charge is -2.29. The standard InChI is InChI=1S/C23H25N3O/c1-17-15-21(25-13-7-4-8-14-25)12-11-19(17)16-22-18(2)24-26(23(22)27)20-9-5-3-6-10-20/h3,5-6,9-12,15-16H,4,7-8,13-14H2,1-2H3. The van der Waals surface area contributed by atoms with Crippen molar-refractivity contribution in [3.8, 4) is 0 Å². The number of carbonyl (C=O) groups is 1. The van der Waals surface area contributed by atoms with Crippen LogP contribution in [0.25, 0.3) is 6.08 Å². The molecular formula is C23H25N3O. The van der Waals surface area contributed by atoms with Crippen molar-refractivity contribution in [2.75, 3.05) is 23.0 Å². The Morgan fingerprint density at radius 3 is 2.37 bits per heavy atom. The maximum atomic E-state index is 12.9. The van der Waals surface area contributed by atoms with E-state index in [1.165, 1.54) is 35.5 Å². The molecule has 1 amide bonds. The Bertz CT molecular complexity index is 908. The minimum atomic E-state index is -0.0711. The molecule has 4 rings (SSSR count). The van der Waals surface area contributed by atoms with Crippen molar-refractivity contribution >= 4 is 29.1 Å². The molecule has 0 N–H and O–H groups in total. The predicted molar refractivity (Wildman–Crippen MR) is 112 cm³/mol. The second kappa shape index (κ2) is 7.39. The molecule has 2 aliphatic heterocycles. The molecule has 4 heteroatoms. The van der Waals surface area contributed by atoms with Crippen molar-refractivity contribution in [3.05, 3.63) is 65.2 Å². The lowest BCUT2D eigenvalue weighted by molar-refractivity contribution is -0.114. The summed E-state index contributed by atoms with van der Waals surface area (Å²) in [5, 5.41) is 5.95. The summed E-state index contributed by atoms with van der Waals surface area (Å²) in [5.74, 6) is -0.0711. The molecule has 1 saturated heterocycles. The number of aryl methyl sites for hydroxylation is 1. The number of hydrogen-bond acceptors (Lipinski definition) is 3. The van der Waals surface area contributed by atoms with E-state index in [0.717, 1.165) is 30.1 Å². The number of anilines is 2. The fourth-order valence-electron chi connectivity index (χ4n) is 3.75. The number of nitrogens with zero attached hydrogens (tertiary/aromatic N) is 3. The van der Waals surface area contributed by atoms with E-state index in [-0.39, 0.29) is 5.91 Å². The highest BCUT2D eigenvalue weighted by atomic mass is 16.2. The number of piperidine rings is 1. The average Bonchev–Trinajstić information content (AvgIpc) is 2.99. The van der Waals surface area contributed by atoms with Gasteiger partial charge in [-0.15, -0.1) is 0 Å². The van der Waals surface area contributed by atoms with Gasteiger partial charge >= 0.3 is 0 Å². The molecule has 0 spiro atoms. The van der Waals surface area contributed by atoms with E-state index < -0.39 is 0 Å². The minimum Gasteiger partial charge on any atom is -0.372 e. The van der Waals surface area contributed by atoms with E-state index in [2.05, 4.69) is 35.1 Å². The molecule has 2 heterocycles. The Morgan fingerprint density at radius 1 is 0.926 bits per heavy atom. The van der Waals surface area contributed by atoms with E-state index in [1.54, 1.807) is 0 Å². The molecule has 0 atom stereocenters. The van der Waals surface area contributed by atoms with Crippen molar-refractivity contribution in [3.63, 3.8) is 0 Å². The minimum absolute atomic E-state index is 0.0711. The van der Waals surface area contributed by atoms with E-state index in [4.69, 9.17) is 0 Å². The number of hydrazone groups is 1. The highest BCUT2D eigenvalue weighted by Gasteiger charge is 2.28. The van der Waals surface area contributed by atoms with E-state index in [1.807, 2.05) is 43.3 Å². The fourth-order valence-corrected chi connectivity index (χ4v) is 3.75. The van der Waals surface area contributed by atoms with Gasteiger partial charge in [0.05, 0.1) is 17.0 Å². The maximum absolute atomic E-state index is 12.9. The summed E-state index contributed by atoms with van der Waals surface area (Å²) in [6.07, 6.45) is 5.84. The highest BCUT2D eigenvalue weighted by molar-refractivity contribution is 6.32. The first-order chi connectivity index (χ1) is 13.1. The summed E-state index contributed by atoms with van der Waals surface area (Å²) in [5.41, 5.74) is 5.75. The van der Waals surface area contributed by atoms with E-state index in [9.17, 15) is 4.79 Å². The summed E-state index contributed by atoms with van der Waals surface area (Å²) >= 11 is 0. The van der Waals surface area contributed by atoms with Crippen molar-refractivity contribution in [1.29, 1.82) is 0 Å². The van der Waals surface area contributed by atoms with Gasteiger partial charge in [-0.1, -0.05) is 24.3 Å². The first-order valence-electron chi connectivity index (χ1n) is 9.66. The van der Waals surface area contributed by atoms with Crippen molar-refractivity contribution in [2.24, 2.45) is 5.10 Å². The van der Waals surface area contributed by atoms with Gasteiger partial charge in [-0.2, -0.15) is 10.1 Å². The summed E-state index contributed by atoms with van der Waals surface area (Å²) in [6, 6.07) is 16.1. The van der Waals surface area contributed by atoms with E-state index in [0.29, 0.717) is 5.57 Å².